The summed E-state index contributed by atoms with van der Waals surface area (Å²) in [4.78, 5) is 11.3. The number of thiophene rings is 2. The summed E-state index contributed by atoms with van der Waals surface area (Å²) >= 11 is 6.72. The zero-order valence-corrected chi connectivity index (χ0v) is 22.4. The molecule has 178 valence electrons. The number of hydrogen-bond acceptors (Lipinski definition) is 8. The summed E-state index contributed by atoms with van der Waals surface area (Å²) < 4.78 is 29.3. The summed E-state index contributed by atoms with van der Waals surface area (Å²) in [6.07, 6.45) is 0. The third kappa shape index (κ3) is 5.66. The molecule has 0 spiro atoms. The normalized spacial score (nSPS) is 14.4. The first kappa shape index (κ1) is 26.7. The molecular weight excluding hydrogens is 487 g/mol. The van der Waals surface area contributed by atoms with Crippen LogP contribution in [0.2, 0.25) is 0 Å². The summed E-state index contributed by atoms with van der Waals surface area (Å²) in [5.41, 5.74) is 7.44. The number of sulfonamides is 1. The van der Waals surface area contributed by atoms with Crippen LogP contribution in [0.25, 0.3) is 0 Å². The monoisotopic (exact) mass is 517 g/mol. The van der Waals surface area contributed by atoms with E-state index < -0.39 is 15.8 Å². The van der Waals surface area contributed by atoms with E-state index in [1.54, 1.807) is 25.2 Å². The van der Waals surface area contributed by atoms with Crippen LogP contribution in [0, 0.1) is 19.8 Å². The molecule has 2 aromatic rings. The quantitative estimate of drug-likeness (QED) is 0.235. The van der Waals surface area contributed by atoms with Crippen LogP contribution in [0.1, 0.15) is 49.1 Å². The number of aliphatic imine (C=N–C) groups is 2. The third-order valence-corrected chi connectivity index (χ3v) is 9.92. The van der Waals surface area contributed by atoms with Crippen LogP contribution < -0.4 is 10.5 Å². The van der Waals surface area contributed by atoms with Crippen LogP contribution in [0.3, 0.4) is 0 Å². The molecule has 0 aliphatic heterocycles. The minimum atomic E-state index is -3.81. The number of aromatic hydroxyl groups is 1. The Morgan fingerprint density at radius 1 is 1.31 bits per heavy atom. The summed E-state index contributed by atoms with van der Waals surface area (Å²) in [6, 6.07) is 1.96. The first-order chi connectivity index (χ1) is 15.0. The average Bonchev–Trinajstić information content (AvgIpc) is 3.25. The van der Waals surface area contributed by atoms with Gasteiger partial charge in [-0.1, -0.05) is 40.5 Å². The van der Waals surface area contributed by atoms with E-state index in [9.17, 15) is 13.5 Å². The van der Waals surface area contributed by atoms with Crippen molar-refractivity contribution < 1.29 is 13.5 Å². The van der Waals surface area contributed by atoms with E-state index in [0.29, 0.717) is 13.1 Å². The molecule has 0 aliphatic rings. The highest BCUT2D eigenvalue weighted by Gasteiger charge is 2.29. The highest BCUT2D eigenvalue weighted by Crippen LogP contribution is 2.41. The zero-order valence-electron chi connectivity index (χ0n) is 19.1. The standard InChI is InChI=1S/C20H31N5O3S4/c1-7-25(8-2)32(27,28)20-17(26)14(10-30-20)22-18(21)19(24-29)23-16(11(3)4)15-9-12(5)13(6)31-15/h9-11,16,26,29H,7-8H2,1-6H3,(H2,21,22)(H,23,24)/t16-/m1/s1. The Morgan fingerprint density at radius 2 is 1.94 bits per heavy atom. The summed E-state index contributed by atoms with van der Waals surface area (Å²) in [6.45, 7) is 12.4. The van der Waals surface area contributed by atoms with Crippen LogP contribution in [-0.4, -0.2) is 42.6 Å². The van der Waals surface area contributed by atoms with Crippen molar-refractivity contribution in [2.75, 3.05) is 13.1 Å². The SMILES string of the molecule is CCN(CC)S(=O)(=O)c1scc(N=C(N)C(=N[C@@H](c2cc(C)c(C)s2)C(C)C)NS)c1O. The molecule has 2 heterocycles. The van der Waals surface area contributed by atoms with Crippen LogP contribution in [0.5, 0.6) is 5.75 Å². The van der Waals surface area contributed by atoms with Crippen LogP contribution in [0.4, 0.5) is 5.69 Å². The topological polar surface area (TPSA) is 120 Å². The summed E-state index contributed by atoms with van der Waals surface area (Å²) in [7, 11) is -3.81. The van der Waals surface area contributed by atoms with E-state index >= 15 is 0 Å². The van der Waals surface area contributed by atoms with Crippen molar-refractivity contribution in [1.82, 2.24) is 9.03 Å². The van der Waals surface area contributed by atoms with Crippen LogP contribution in [0.15, 0.2) is 25.6 Å². The number of amidine groups is 2. The Kier molecular flexibility index (Phi) is 9.17. The smallest absolute Gasteiger partial charge is 0.256 e. The highest BCUT2D eigenvalue weighted by molar-refractivity contribution is 7.91. The van der Waals surface area contributed by atoms with Gasteiger partial charge in [0.05, 0.1) is 6.04 Å². The Balaban J connectivity index is 2.45. The molecule has 4 N–H and O–H groups in total. The molecule has 0 saturated heterocycles. The largest absolute Gasteiger partial charge is 0.504 e. The van der Waals surface area contributed by atoms with Gasteiger partial charge in [-0.15, -0.1) is 22.7 Å². The van der Waals surface area contributed by atoms with Gasteiger partial charge in [0.15, 0.2) is 21.6 Å². The number of nitrogens with two attached hydrogens (primary N) is 1. The second-order valence-electron chi connectivity index (χ2n) is 7.51. The molecule has 0 aliphatic carbocycles. The highest BCUT2D eigenvalue weighted by atomic mass is 32.2. The Hall–Kier alpha value is -1.60. The van der Waals surface area contributed by atoms with E-state index in [0.717, 1.165) is 16.2 Å². The van der Waals surface area contributed by atoms with E-state index in [-0.39, 0.29) is 33.5 Å². The lowest BCUT2D eigenvalue weighted by Crippen LogP contribution is -2.32. The summed E-state index contributed by atoms with van der Waals surface area (Å²) in [5.74, 6) is 0.00982. The van der Waals surface area contributed by atoms with Gasteiger partial charge in [-0.05, 0) is 31.4 Å². The second kappa shape index (κ2) is 11.0. The molecular formula is C20H31N5O3S4. The fourth-order valence-electron chi connectivity index (χ4n) is 3.03. The molecule has 0 fully saturated rings. The van der Waals surface area contributed by atoms with E-state index in [2.05, 4.69) is 56.3 Å². The third-order valence-electron chi connectivity index (χ3n) is 4.96. The molecule has 0 saturated carbocycles. The number of rotatable bonds is 8. The average molecular weight is 518 g/mol. The fourth-order valence-corrected chi connectivity index (χ4v) is 7.27. The predicted octanol–water partition coefficient (Wildman–Crippen LogP) is 4.38. The van der Waals surface area contributed by atoms with E-state index in [4.69, 9.17) is 10.7 Å². The van der Waals surface area contributed by atoms with Crippen molar-refractivity contribution in [1.29, 1.82) is 0 Å². The van der Waals surface area contributed by atoms with Gasteiger partial charge in [0.2, 0.25) is 0 Å². The van der Waals surface area contributed by atoms with Crippen LogP contribution >= 0.6 is 35.5 Å². The lowest BCUT2D eigenvalue weighted by atomic mass is 10.0. The maximum Gasteiger partial charge on any atom is 0.256 e. The van der Waals surface area contributed by atoms with Crippen molar-refractivity contribution in [3.05, 3.63) is 26.8 Å². The molecule has 2 rings (SSSR count). The van der Waals surface area contributed by atoms with Gasteiger partial charge in [-0.25, -0.2) is 13.4 Å². The van der Waals surface area contributed by atoms with Gasteiger partial charge in [0.25, 0.3) is 10.0 Å². The Labute approximate surface area is 203 Å². The maximum atomic E-state index is 12.8. The van der Waals surface area contributed by atoms with Crippen LogP contribution in [-0.2, 0) is 10.0 Å². The molecule has 8 nitrogen and oxygen atoms in total. The van der Waals surface area contributed by atoms with Gasteiger partial charge in [0.1, 0.15) is 5.69 Å². The lowest BCUT2D eigenvalue weighted by molar-refractivity contribution is 0.434. The first-order valence-corrected chi connectivity index (χ1v) is 13.8. The molecule has 0 radical (unpaired) electrons. The van der Waals surface area contributed by atoms with Crippen molar-refractivity contribution in [2.24, 2.45) is 21.6 Å². The number of hydrogen-bond donors (Lipinski definition) is 4. The van der Waals surface area contributed by atoms with E-state index in [1.165, 1.54) is 20.1 Å². The van der Waals surface area contributed by atoms with Gasteiger partial charge in [-0.2, -0.15) is 4.31 Å². The Morgan fingerprint density at radius 3 is 2.41 bits per heavy atom. The number of thiol groups is 1. The maximum absolute atomic E-state index is 12.8. The number of nitrogens with one attached hydrogen (secondary N) is 1. The minimum absolute atomic E-state index is 0.00413. The minimum Gasteiger partial charge on any atom is -0.504 e. The van der Waals surface area contributed by atoms with Gasteiger partial charge < -0.3 is 15.6 Å². The number of aryl methyl sites for hydroxylation is 2. The number of nitrogens with zero attached hydrogens (tertiary/aromatic N) is 3. The second-order valence-corrected chi connectivity index (χ2v) is 12.0. The van der Waals surface area contributed by atoms with Gasteiger partial charge >= 0.3 is 0 Å². The molecule has 12 heteroatoms. The molecule has 32 heavy (non-hydrogen) atoms. The summed E-state index contributed by atoms with van der Waals surface area (Å²) in [5, 5.41) is 12.0. The molecule has 0 bridgehead atoms. The first-order valence-electron chi connectivity index (χ1n) is 10.2. The molecule has 1 atom stereocenters. The van der Waals surface area contributed by atoms with Gasteiger partial charge in [0, 0.05) is 28.2 Å². The van der Waals surface area contributed by atoms with Crippen molar-refractivity contribution in [3.8, 4) is 5.75 Å². The van der Waals surface area contributed by atoms with Crippen molar-refractivity contribution >= 4 is 62.9 Å². The predicted molar refractivity (Wildman–Crippen MR) is 138 cm³/mol. The molecule has 0 unspecified atom stereocenters. The van der Waals surface area contributed by atoms with Crippen molar-refractivity contribution in [2.45, 2.75) is 51.8 Å². The molecule has 0 aromatic carbocycles. The van der Waals surface area contributed by atoms with Gasteiger partial charge in [-0.3, -0.25) is 4.99 Å². The zero-order chi connectivity index (χ0) is 24.2. The van der Waals surface area contributed by atoms with Crippen molar-refractivity contribution in [3.63, 3.8) is 0 Å². The fraction of sp³-hybridized carbons (Fsp3) is 0.500. The van der Waals surface area contributed by atoms with E-state index in [1.807, 2.05) is 0 Å². The Bertz CT molecular complexity index is 1080. The lowest BCUT2D eigenvalue weighted by Gasteiger charge is -2.17. The molecule has 2 aromatic heterocycles. The molecule has 0 amide bonds.